The second kappa shape index (κ2) is 10.1. The van der Waals surface area contributed by atoms with Crippen LogP contribution in [0.5, 0.6) is 0 Å². The number of nitrogens with zero attached hydrogens (tertiary/aromatic N) is 8. The molecule has 0 radical (unpaired) electrons. The average molecular weight is 513 g/mol. The van der Waals surface area contributed by atoms with Crippen LogP contribution >= 0.6 is 0 Å². The predicted octanol–water partition coefficient (Wildman–Crippen LogP) is 2.25. The van der Waals surface area contributed by atoms with Gasteiger partial charge in [0.05, 0.1) is 31.5 Å². The van der Waals surface area contributed by atoms with Crippen LogP contribution in [0.3, 0.4) is 0 Å². The van der Waals surface area contributed by atoms with E-state index in [-0.39, 0.29) is 11.6 Å². The third kappa shape index (κ3) is 4.90. The molecule has 2 aliphatic rings. The second-order valence-electron chi connectivity index (χ2n) is 9.44. The molecule has 2 aliphatic heterocycles. The number of ether oxygens (including phenoxy) is 1. The summed E-state index contributed by atoms with van der Waals surface area (Å²) in [4.78, 5) is 46.2. The van der Waals surface area contributed by atoms with E-state index in [0.717, 1.165) is 48.1 Å². The van der Waals surface area contributed by atoms with Gasteiger partial charge in [-0.05, 0) is 32.4 Å². The first-order valence-electron chi connectivity index (χ1n) is 12.6. The lowest BCUT2D eigenvalue weighted by Crippen LogP contribution is -2.45. The molecule has 0 amide bonds. The third-order valence-electron chi connectivity index (χ3n) is 6.74. The number of aryl methyl sites for hydroxylation is 1. The highest BCUT2D eigenvalue weighted by Crippen LogP contribution is 2.32. The number of rotatable bonds is 5. The van der Waals surface area contributed by atoms with Gasteiger partial charge in [-0.15, -0.1) is 0 Å². The third-order valence-corrected chi connectivity index (χ3v) is 6.74. The molecule has 6 heterocycles. The van der Waals surface area contributed by atoms with Crippen LogP contribution in [0.1, 0.15) is 23.9 Å². The SMILES string of the molecule is Cc1cc(N2CCc3c(nc(-c4ccc(Nc5nccc(=O)[nH]5)nc4)nc3N3CCOC[C@@H]3C)C2)ncn1. The van der Waals surface area contributed by atoms with Crippen molar-refractivity contribution in [2.24, 2.45) is 0 Å². The molecule has 4 aromatic heterocycles. The van der Waals surface area contributed by atoms with Crippen molar-refractivity contribution < 1.29 is 4.74 Å². The summed E-state index contributed by atoms with van der Waals surface area (Å²) in [7, 11) is 0. The van der Waals surface area contributed by atoms with E-state index in [1.165, 1.54) is 17.8 Å². The van der Waals surface area contributed by atoms with Gasteiger partial charge < -0.3 is 19.9 Å². The normalized spacial score (nSPS) is 17.3. The summed E-state index contributed by atoms with van der Waals surface area (Å²) in [5.74, 6) is 3.35. The summed E-state index contributed by atoms with van der Waals surface area (Å²) >= 11 is 0. The smallest absolute Gasteiger partial charge is 0.252 e. The maximum Gasteiger partial charge on any atom is 0.252 e. The van der Waals surface area contributed by atoms with Crippen molar-refractivity contribution in [2.45, 2.75) is 32.9 Å². The molecule has 0 aliphatic carbocycles. The average Bonchev–Trinajstić information content (AvgIpc) is 2.93. The maximum absolute atomic E-state index is 11.6. The predicted molar refractivity (Wildman–Crippen MR) is 143 cm³/mol. The number of fused-ring (bicyclic) bond motifs is 1. The van der Waals surface area contributed by atoms with Gasteiger partial charge in [-0.25, -0.2) is 29.9 Å². The van der Waals surface area contributed by atoms with Crippen LogP contribution in [0.25, 0.3) is 11.4 Å². The second-order valence-corrected chi connectivity index (χ2v) is 9.44. The Morgan fingerprint density at radius 3 is 2.82 bits per heavy atom. The number of aromatic amines is 1. The highest BCUT2D eigenvalue weighted by atomic mass is 16.5. The minimum atomic E-state index is -0.238. The van der Waals surface area contributed by atoms with Gasteiger partial charge in [0.1, 0.15) is 23.8 Å². The number of H-pyrrole nitrogens is 1. The van der Waals surface area contributed by atoms with E-state index in [0.29, 0.717) is 37.3 Å². The number of aromatic nitrogens is 7. The molecular formula is C26H28N10O2. The molecule has 0 bridgehead atoms. The van der Waals surface area contributed by atoms with Gasteiger partial charge in [0.15, 0.2) is 5.82 Å². The van der Waals surface area contributed by atoms with E-state index in [9.17, 15) is 4.79 Å². The van der Waals surface area contributed by atoms with E-state index in [1.807, 2.05) is 25.1 Å². The van der Waals surface area contributed by atoms with E-state index in [1.54, 1.807) is 12.5 Å². The zero-order valence-electron chi connectivity index (χ0n) is 21.3. The number of hydrogen-bond donors (Lipinski definition) is 2. The fourth-order valence-electron chi connectivity index (χ4n) is 4.78. The lowest BCUT2D eigenvalue weighted by Gasteiger charge is -2.38. The molecule has 6 rings (SSSR count). The summed E-state index contributed by atoms with van der Waals surface area (Å²) < 4.78 is 5.70. The molecule has 1 saturated heterocycles. The Balaban J connectivity index is 1.35. The molecule has 1 atom stereocenters. The summed E-state index contributed by atoms with van der Waals surface area (Å²) in [6, 6.07) is 7.30. The number of morpholine rings is 1. The highest BCUT2D eigenvalue weighted by Gasteiger charge is 2.29. The minimum Gasteiger partial charge on any atom is -0.377 e. The van der Waals surface area contributed by atoms with E-state index in [2.05, 4.69) is 47.0 Å². The van der Waals surface area contributed by atoms with Crippen LogP contribution in [-0.2, 0) is 17.7 Å². The van der Waals surface area contributed by atoms with Crippen molar-refractivity contribution in [3.05, 3.63) is 70.3 Å². The molecule has 4 aromatic rings. The summed E-state index contributed by atoms with van der Waals surface area (Å²) in [6.45, 7) is 7.71. The summed E-state index contributed by atoms with van der Waals surface area (Å²) in [6.07, 6.45) is 5.60. The van der Waals surface area contributed by atoms with Crippen LogP contribution < -0.4 is 20.7 Å². The van der Waals surface area contributed by atoms with Crippen LogP contribution in [0, 0.1) is 6.92 Å². The van der Waals surface area contributed by atoms with Gasteiger partial charge in [0.25, 0.3) is 5.56 Å². The van der Waals surface area contributed by atoms with Crippen LogP contribution in [0.15, 0.2) is 47.8 Å². The largest absolute Gasteiger partial charge is 0.377 e. The molecule has 0 spiro atoms. The van der Waals surface area contributed by atoms with Crippen molar-refractivity contribution in [3.8, 4) is 11.4 Å². The Bertz CT molecular complexity index is 1510. The fourth-order valence-corrected chi connectivity index (χ4v) is 4.78. The van der Waals surface area contributed by atoms with E-state index >= 15 is 0 Å². The van der Waals surface area contributed by atoms with E-state index in [4.69, 9.17) is 14.7 Å². The van der Waals surface area contributed by atoms with Crippen molar-refractivity contribution in [1.82, 2.24) is 34.9 Å². The monoisotopic (exact) mass is 512 g/mol. The number of anilines is 4. The van der Waals surface area contributed by atoms with Crippen LogP contribution in [0.4, 0.5) is 23.4 Å². The van der Waals surface area contributed by atoms with Gasteiger partial charge in [0, 0.05) is 54.4 Å². The van der Waals surface area contributed by atoms with Crippen LogP contribution in [0.2, 0.25) is 0 Å². The lowest BCUT2D eigenvalue weighted by atomic mass is 10.0. The van der Waals surface area contributed by atoms with Gasteiger partial charge in [0.2, 0.25) is 5.95 Å². The van der Waals surface area contributed by atoms with Gasteiger partial charge >= 0.3 is 0 Å². The quantitative estimate of drug-likeness (QED) is 0.407. The zero-order chi connectivity index (χ0) is 26.1. The lowest BCUT2D eigenvalue weighted by molar-refractivity contribution is 0.0984. The first-order valence-corrected chi connectivity index (χ1v) is 12.6. The number of nitrogens with one attached hydrogen (secondary N) is 2. The highest BCUT2D eigenvalue weighted by molar-refractivity contribution is 5.63. The molecule has 38 heavy (non-hydrogen) atoms. The fraction of sp³-hybridized carbons (Fsp3) is 0.346. The molecule has 12 heteroatoms. The van der Waals surface area contributed by atoms with Crippen LogP contribution in [-0.4, -0.2) is 67.2 Å². The summed E-state index contributed by atoms with van der Waals surface area (Å²) in [5, 5.41) is 3.01. The van der Waals surface area contributed by atoms with E-state index < -0.39 is 0 Å². The Morgan fingerprint density at radius 1 is 1.11 bits per heavy atom. The molecule has 2 N–H and O–H groups in total. The first kappa shape index (κ1) is 23.9. The Labute approximate surface area is 219 Å². The van der Waals surface area contributed by atoms with Crippen molar-refractivity contribution >= 4 is 23.4 Å². The maximum atomic E-state index is 11.6. The van der Waals surface area contributed by atoms with Gasteiger partial charge in [-0.2, -0.15) is 0 Å². The Kier molecular flexibility index (Phi) is 6.38. The summed E-state index contributed by atoms with van der Waals surface area (Å²) in [5.41, 5.74) is 3.65. The van der Waals surface area contributed by atoms with Crippen molar-refractivity contribution in [2.75, 3.05) is 41.4 Å². The number of hydrogen-bond acceptors (Lipinski definition) is 11. The van der Waals surface area contributed by atoms with Crippen molar-refractivity contribution in [1.29, 1.82) is 0 Å². The number of pyridine rings is 1. The molecule has 1 fully saturated rings. The minimum absolute atomic E-state index is 0.211. The molecule has 0 saturated carbocycles. The molecule has 0 unspecified atom stereocenters. The Hall–Kier alpha value is -4.45. The molecular weight excluding hydrogens is 484 g/mol. The standard InChI is InChI=1S/C26H28N10O2/c1-16-11-22(30-15-29-16)35-8-6-19-20(13-35)31-24(34-25(19)36-9-10-38-14-17(36)2)18-3-4-21(28-12-18)32-26-27-7-5-23(37)33-26/h3-5,7,11-12,15,17H,6,8-10,13-14H2,1-2H3,(H2,27,28,32,33,37)/t17-/m0/s1. The van der Waals surface area contributed by atoms with Crippen molar-refractivity contribution in [3.63, 3.8) is 0 Å². The first-order chi connectivity index (χ1) is 18.5. The molecule has 0 aromatic carbocycles. The topological polar surface area (TPSA) is 138 Å². The molecule has 194 valence electrons. The Morgan fingerprint density at radius 2 is 2.03 bits per heavy atom. The molecule has 12 nitrogen and oxygen atoms in total. The van der Waals surface area contributed by atoms with Gasteiger partial charge in [-0.3, -0.25) is 9.78 Å². The zero-order valence-corrected chi connectivity index (χ0v) is 21.3. The van der Waals surface area contributed by atoms with Gasteiger partial charge in [-0.1, -0.05) is 0 Å².